The molecule has 0 radical (unpaired) electrons. The first kappa shape index (κ1) is 19.2. The maximum absolute atomic E-state index is 12.6. The van der Waals surface area contributed by atoms with Gasteiger partial charge >= 0.3 is 5.97 Å². The second-order valence-corrected chi connectivity index (χ2v) is 6.54. The molecular formula is C23H19N3O4. The number of anilines is 1. The quantitative estimate of drug-likeness (QED) is 0.495. The molecule has 2 heterocycles. The Morgan fingerprint density at radius 3 is 2.67 bits per heavy atom. The number of esters is 1. The molecule has 4 rings (SSSR count). The van der Waals surface area contributed by atoms with Gasteiger partial charge in [0.2, 0.25) is 0 Å². The van der Waals surface area contributed by atoms with E-state index in [0.717, 1.165) is 11.3 Å². The van der Waals surface area contributed by atoms with Crippen molar-refractivity contribution in [1.29, 1.82) is 0 Å². The summed E-state index contributed by atoms with van der Waals surface area (Å²) in [4.78, 5) is 28.8. The van der Waals surface area contributed by atoms with Crippen LogP contribution in [0.25, 0.3) is 5.65 Å². The van der Waals surface area contributed by atoms with Crippen molar-refractivity contribution < 1.29 is 19.1 Å². The summed E-state index contributed by atoms with van der Waals surface area (Å²) < 4.78 is 12.4. The fraction of sp³-hybridized carbons (Fsp3) is 0.0870. The summed E-state index contributed by atoms with van der Waals surface area (Å²) in [5.41, 5.74) is 2.93. The van der Waals surface area contributed by atoms with E-state index < -0.39 is 5.97 Å². The molecule has 7 nitrogen and oxygen atoms in total. The van der Waals surface area contributed by atoms with Gasteiger partial charge in [-0.1, -0.05) is 18.2 Å². The van der Waals surface area contributed by atoms with Crippen LogP contribution in [0.3, 0.4) is 0 Å². The number of carbonyl (C=O) groups is 2. The van der Waals surface area contributed by atoms with Crippen molar-refractivity contribution in [2.45, 2.75) is 6.61 Å². The number of nitrogens with zero attached hydrogens (tertiary/aromatic N) is 2. The van der Waals surface area contributed by atoms with Gasteiger partial charge in [0, 0.05) is 23.6 Å². The molecule has 0 aliphatic heterocycles. The van der Waals surface area contributed by atoms with Crippen LogP contribution in [-0.2, 0) is 11.3 Å². The van der Waals surface area contributed by atoms with Crippen LogP contribution in [0.2, 0.25) is 0 Å². The zero-order valence-corrected chi connectivity index (χ0v) is 16.2. The number of benzene rings is 2. The van der Waals surface area contributed by atoms with Gasteiger partial charge in [0.05, 0.1) is 18.4 Å². The van der Waals surface area contributed by atoms with Crippen LogP contribution in [-0.4, -0.2) is 28.4 Å². The number of carbonyl (C=O) groups excluding carboxylic acids is 2. The van der Waals surface area contributed by atoms with Crippen molar-refractivity contribution in [3.8, 4) is 5.75 Å². The summed E-state index contributed by atoms with van der Waals surface area (Å²) >= 11 is 0. The molecule has 1 amide bonds. The Balaban J connectivity index is 1.43. The Morgan fingerprint density at radius 1 is 1.00 bits per heavy atom. The number of aromatic nitrogens is 2. The summed E-state index contributed by atoms with van der Waals surface area (Å²) in [6, 6.07) is 19.2. The maximum atomic E-state index is 12.6. The summed E-state index contributed by atoms with van der Waals surface area (Å²) in [6.45, 7) is 0.286. The average Bonchev–Trinajstić information content (AvgIpc) is 3.20. The maximum Gasteiger partial charge on any atom is 0.337 e. The number of imidazole rings is 1. The Kier molecular flexibility index (Phi) is 5.43. The van der Waals surface area contributed by atoms with Crippen molar-refractivity contribution in [3.63, 3.8) is 0 Å². The highest BCUT2D eigenvalue weighted by Gasteiger charge is 2.11. The number of pyridine rings is 1. The van der Waals surface area contributed by atoms with Gasteiger partial charge in [-0.05, 0) is 48.5 Å². The molecular weight excluding hydrogens is 382 g/mol. The second-order valence-electron chi connectivity index (χ2n) is 6.54. The third-order valence-electron chi connectivity index (χ3n) is 4.44. The molecule has 0 saturated carbocycles. The van der Waals surface area contributed by atoms with E-state index in [2.05, 4.69) is 10.3 Å². The fourth-order valence-electron chi connectivity index (χ4n) is 2.99. The van der Waals surface area contributed by atoms with Crippen LogP contribution in [0.15, 0.2) is 79.1 Å². The Hall–Kier alpha value is -4.13. The zero-order chi connectivity index (χ0) is 20.9. The molecule has 2 aromatic heterocycles. The van der Waals surface area contributed by atoms with Gasteiger partial charge in [-0.3, -0.25) is 4.79 Å². The fourth-order valence-corrected chi connectivity index (χ4v) is 2.99. The van der Waals surface area contributed by atoms with Gasteiger partial charge in [0.25, 0.3) is 5.91 Å². The topological polar surface area (TPSA) is 81.9 Å². The van der Waals surface area contributed by atoms with E-state index in [0.29, 0.717) is 22.6 Å². The minimum atomic E-state index is -0.464. The van der Waals surface area contributed by atoms with Crippen molar-refractivity contribution in [3.05, 3.63) is 95.9 Å². The van der Waals surface area contributed by atoms with Gasteiger partial charge in [0.15, 0.2) is 0 Å². The van der Waals surface area contributed by atoms with Gasteiger partial charge in [-0.15, -0.1) is 0 Å². The number of ether oxygens (including phenoxy) is 2. The monoisotopic (exact) mass is 401 g/mol. The smallest absolute Gasteiger partial charge is 0.337 e. The Morgan fingerprint density at radius 2 is 1.83 bits per heavy atom. The van der Waals surface area contributed by atoms with E-state index >= 15 is 0 Å². The molecule has 0 saturated heterocycles. The van der Waals surface area contributed by atoms with Gasteiger partial charge in [-0.25, -0.2) is 9.78 Å². The number of nitrogens with one attached hydrogen (secondary N) is 1. The molecule has 30 heavy (non-hydrogen) atoms. The third-order valence-corrected chi connectivity index (χ3v) is 4.44. The molecule has 0 bridgehead atoms. The lowest BCUT2D eigenvalue weighted by atomic mass is 10.1. The van der Waals surface area contributed by atoms with Gasteiger partial charge < -0.3 is 19.2 Å². The van der Waals surface area contributed by atoms with Crippen LogP contribution >= 0.6 is 0 Å². The highest BCUT2D eigenvalue weighted by Crippen LogP contribution is 2.18. The van der Waals surface area contributed by atoms with Crippen molar-refractivity contribution in [1.82, 2.24) is 9.38 Å². The van der Waals surface area contributed by atoms with Crippen LogP contribution in [0.5, 0.6) is 5.75 Å². The average molecular weight is 401 g/mol. The molecule has 0 fully saturated rings. The molecule has 150 valence electrons. The van der Waals surface area contributed by atoms with Crippen LogP contribution in [0.4, 0.5) is 5.69 Å². The van der Waals surface area contributed by atoms with E-state index in [9.17, 15) is 9.59 Å². The van der Waals surface area contributed by atoms with Crippen molar-refractivity contribution >= 4 is 23.2 Å². The molecule has 0 spiro atoms. The lowest BCUT2D eigenvalue weighted by molar-refractivity contribution is 0.0600. The predicted molar refractivity (Wildman–Crippen MR) is 112 cm³/mol. The van der Waals surface area contributed by atoms with Gasteiger partial charge in [-0.2, -0.15) is 0 Å². The SMILES string of the molecule is COC(=O)c1cccc(NC(=O)c2cccc(OCc3cn4ccccc4n3)c2)c1. The Bertz CT molecular complexity index is 1180. The van der Waals surface area contributed by atoms with E-state index in [-0.39, 0.29) is 12.5 Å². The molecule has 0 aliphatic rings. The predicted octanol–water partition coefficient (Wildman–Crippen LogP) is 3.95. The summed E-state index contributed by atoms with van der Waals surface area (Å²) in [5.74, 6) is -0.216. The van der Waals surface area contributed by atoms with Crippen molar-refractivity contribution in [2.24, 2.45) is 0 Å². The minimum Gasteiger partial charge on any atom is -0.487 e. The molecule has 0 unspecified atom stereocenters. The largest absolute Gasteiger partial charge is 0.487 e. The normalized spacial score (nSPS) is 10.6. The number of amides is 1. The summed E-state index contributed by atoms with van der Waals surface area (Å²) in [7, 11) is 1.31. The first-order valence-electron chi connectivity index (χ1n) is 9.27. The molecule has 0 atom stereocenters. The van der Waals surface area contributed by atoms with E-state index in [1.54, 1.807) is 48.5 Å². The zero-order valence-electron chi connectivity index (χ0n) is 16.2. The number of rotatable bonds is 6. The number of hydrogen-bond donors (Lipinski definition) is 1. The van der Waals surface area contributed by atoms with E-state index in [1.165, 1.54) is 7.11 Å². The first-order chi connectivity index (χ1) is 14.6. The summed E-state index contributed by atoms with van der Waals surface area (Å²) in [5, 5.41) is 2.78. The van der Waals surface area contributed by atoms with Crippen molar-refractivity contribution in [2.75, 3.05) is 12.4 Å². The lowest BCUT2D eigenvalue weighted by Gasteiger charge is -2.09. The molecule has 0 aliphatic carbocycles. The van der Waals surface area contributed by atoms with Crippen LogP contribution in [0.1, 0.15) is 26.4 Å². The molecule has 2 aromatic carbocycles. The lowest BCUT2D eigenvalue weighted by Crippen LogP contribution is -2.12. The van der Waals surface area contributed by atoms with Gasteiger partial charge in [0.1, 0.15) is 18.0 Å². The molecule has 7 heteroatoms. The second kappa shape index (κ2) is 8.48. The Labute approximate surface area is 172 Å². The first-order valence-corrected chi connectivity index (χ1v) is 9.27. The van der Waals surface area contributed by atoms with Crippen LogP contribution < -0.4 is 10.1 Å². The van der Waals surface area contributed by atoms with Crippen LogP contribution in [0, 0.1) is 0 Å². The number of methoxy groups -OCH3 is 1. The van der Waals surface area contributed by atoms with E-state index in [1.807, 2.05) is 35.0 Å². The summed E-state index contributed by atoms with van der Waals surface area (Å²) in [6.07, 6.45) is 3.83. The number of hydrogen-bond acceptors (Lipinski definition) is 5. The molecule has 4 aromatic rings. The minimum absolute atomic E-state index is 0.286. The highest BCUT2D eigenvalue weighted by atomic mass is 16.5. The third kappa shape index (κ3) is 4.30. The molecule has 1 N–H and O–H groups in total. The standard InChI is InChI=1S/C23H19N3O4/c1-29-23(28)17-7-4-8-18(12-17)25-22(27)16-6-5-9-20(13-16)30-15-19-14-26-11-3-2-10-21(26)24-19/h2-14H,15H2,1H3,(H,25,27). The highest BCUT2D eigenvalue weighted by molar-refractivity contribution is 6.05. The van der Waals surface area contributed by atoms with E-state index in [4.69, 9.17) is 9.47 Å². The number of fused-ring (bicyclic) bond motifs is 1.